The summed E-state index contributed by atoms with van der Waals surface area (Å²) in [6.07, 6.45) is 1.80. The first-order valence-electron chi connectivity index (χ1n) is 6.17. The van der Waals surface area contributed by atoms with Gasteiger partial charge in [0.1, 0.15) is 0 Å². The highest BCUT2D eigenvalue weighted by atomic mass is 32.2. The molecule has 21 heavy (non-hydrogen) atoms. The van der Waals surface area contributed by atoms with Crippen LogP contribution in [0.3, 0.4) is 0 Å². The van der Waals surface area contributed by atoms with Crippen molar-refractivity contribution in [2.75, 3.05) is 0 Å². The largest absolute Gasteiger partial charge is 0.481 e. The van der Waals surface area contributed by atoms with Gasteiger partial charge in [0.25, 0.3) is 0 Å². The van der Waals surface area contributed by atoms with Crippen LogP contribution in [0.4, 0.5) is 0 Å². The lowest BCUT2D eigenvalue weighted by Gasteiger charge is -2.06. The zero-order chi connectivity index (χ0) is 15.3. The van der Waals surface area contributed by atoms with Crippen LogP contribution < -0.4 is 4.72 Å². The van der Waals surface area contributed by atoms with Crippen LogP contribution in [0.25, 0.3) is 0 Å². The Hall–Kier alpha value is -2.19. The second kappa shape index (κ2) is 6.51. The van der Waals surface area contributed by atoms with E-state index in [-0.39, 0.29) is 17.9 Å². The average Bonchev–Trinajstić information content (AvgIpc) is 2.97. The molecule has 0 bridgehead atoms. The molecule has 2 aromatic rings. The standard InChI is InChI=1S/C13H14N2O5S/c16-13(17)6-3-10-1-4-12(5-2-10)21(18,19)15-9-11-7-8-14-20-11/h1-2,4-5,7-8,15H,3,6,9H2,(H,16,17). The highest BCUT2D eigenvalue weighted by Gasteiger charge is 2.14. The average molecular weight is 310 g/mol. The van der Waals surface area contributed by atoms with Crippen LogP contribution in [0.15, 0.2) is 45.9 Å². The number of rotatable bonds is 7. The number of aromatic nitrogens is 1. The number of aryl methyl sites for hydroxylation is 1. The number of sulfonamides is 1. The first kappa shape index (κ1) is 15.2. The molecule has 0 saturated carbocycles. The number of nitrogens with zero attached hydrogens (tertiary/aromatic N) is 1. The fraction of sp³-hybridized carbons (Fsp3) is 0.231. The van der Waals surface area contributed by atoms with Crippen LogP contribution in [0, 0.1) is 0 Å². The molecule has 2 N–H and O–H groups in total. The van der Waals surface area contributed by atoms with Crippen LogP contribution in [0.2, 0.25) is 0 Å². The van der Waals surface area contributed by atoms with Crippen molar-refractivity contribution >= 4 is 16.0 Å². The number of carbonyl (C=O) groups is 1. The molecule has 1 aromatic carbocycles. The summed E-state index contributed by atoms with van der Waals surface area (Å²) in [4.78, 5) is 10.6. The zero-order valence-corrected chi connectivity index (χ0v) is 11.8. The van der Waals surface area contributed by atoms with E-state index in [2.05, 4.69) is 9.88 Å². The van der Waals surface area contributed by atoms with E-state index >= 15 is 0 Å². The Labute approximate surface area is 121 Å². The van der Waals surface area contributed by atoms with Crippen molar-refractivity contribution in [2.45, 2.75) is 24.3 Å². The zero-order valence-electron chi connectivity index (χ0n) is 11.0. The van der Waals surface area contributed by atoms with Crippen molar-refractivity contribution in [1.82, 2.24) is 9.88 Å². The topological polar surface area (TPSA) is 110 Å². The Morgan fingerprint density at radius 3 is 2.52 bits per heavy atom. The molecule has 0 aliphatic rings. The first-order chi connectivity index (χ1) is 9.97. The minimum atomic E-state index is -3.64. The number of benzene rings is 1. The summed E-state index contributed by atoms with van der Waals surface area (Å²) in [7, 11) is -3.64. The van der Waals surface area contributed by atoms with Gasteiger partial charge in [0.2, 0.25) is 10.0 Å². The molecule has 0 saturated heterocycles. The van der Waals surface area contributed by atoms with E-state index in [0.29, 0.717) is 12.2 Å². The molecular weight excluding hydrogens is 296 g/mol. The molecule has 1 aromatic heterocycles. The highest BCUT2D eigenvalue weighted by molar-refractivity contribution is 7.89. The molecule has 0 aliphatic heterocycles. The molecule has 0 atom stereocenters. The summed E-state index contributed by atoms with van der Waals surface area (Å²) >= 11 is 0. The van der Waals surface area contributed by atoms with Crippen LogP contribution in [-0.2, 0) is 27.8 Å². The van der Waals surface area contributed by atoms with Crippen molar-refractivity contribution in [1.29, 1.82) is 0 Å². The summed E-state index contributed by atoms with van der Waals surface area (Å²) < 4.78 is 31.3. The van der Waals surface area contributed by atoms with Gasteiger partial charge in [-0.3, -0.25) is 4.79 Å². The summed E-state index contributed by atoms with van der Waals surface area (Å²) in [5, 5.41) is 12.1. The number of hydrogen-bond acceptors (Lipinski definition) is 5. The van der Waals surface area contributed by atoms with Crippen molar-refractivity contribution in [3.05, 3.63) is 47.9 Å². The maximum Gasteiger partial charge on any atom is 0.303 e. The summed E-state index contributed by atoms with van der Waals surface area (Å²) in [6.45, 7) is 0.0170. The van der Waals surface area contributed by atoms with Crippen molar-refractivity contribution in [3.63, 3.8) is 0 Å². The van der Waals surface area contributed by atoms with E-state index in [1.165, 1.54) is 18.3 Å². The number of hydrogen-bond donors (Lipinski definition) is 2. The lowest BCUT2D eigenvalue weighted by Crippen LogP contribution is -2.23. The maximum atomic E-state index is 12.0. The first-order valence-corrected chi connectivity index (χ1v) is 7.65. The lowest BCUT2D eigenvalue weighted by molar-refractivity contribution is -0.136. The number of nitrogens with one attached hydrogen (secondary N) is 1. The van der Waals surface area contributed by atoms with Gasteiger partial charge in [-0.15, -0.1) is 0 Å². The minimum absolute atomic E-state index is 0.00976. The Kier molecular flexibility index (Phi) is 4.71. The fourth-order valence-corrected chi connectivity index (χ4v) is 2.66. The Bertz CT molecular complexity index is 693. The number of carboxylic acids is 1. The smallest absolute Gasteiger partial charge is 0.303 e. The van der Waals surface area contributed by atoms with E-state index < -0.39 is 16.0 Å². The van der Waals surface area contributed by atoms with Crippen molar-refractivity contribution < 1.29 is 22.8 Å². The van der Waals surface area contributed by atoms with E-state index in [1.54, 1.807) is 18.2 Å². The molecule has 0 amide bonds. The third kappa shape index (κ3) is 4.40. The van der Waals surface area contributed by atoms with Gasteiger partial charge in [0.15, 0.2) is 5.76 Å². The van der Waals surface area contributed by atoms with Crippen LogP contribution in [-0.4, -0.2) is 24.7 Å². The van der Waals surface area contributed by atoms with Gasteiger partial charge in [0.05, 0.1) is 17.6 Å². The Morgan fingerprint density at radius 2 is 1.95 bits per heavy atom. The van der Waals surface area contributed by atoms with Crippen molar-refractivity contribution in [3.8, 4) is 0 Å². The van der Waals surface area contributed by atoms with Gasteiger partial charge >= 0.3 is 5.97 Å². The predicted molar refractivity (Wildman–Crippen MR) is 72.9 cm³/mol. The van der Waals surface area contributed by atoms with Crippen LogP contribution >= 0.6 is 0 Å². The van der Waals surface area contributed by atoms with Gasteiger partial charge in [-0.25, -0.2) is 13.1 Å². The molecule has 8 heteroatoms. The normalized spacial score (nSPS) is 11.4. The molecule has 0 fully saturated rings. The number of aliphatic carboxylic acids is 1. The molecule has 0 aliphatic carbocycles. The van der Waals surface area contributed by atoms with Crippen molar-refractivity contribution in [2.24, 2.45) is 0 Å². The molecular formula is C13H14N2O5S. The lowest BCUT2D eigenvalue weighted by atomic mass is 10.1. The third-order valence-corrected chi connectivity index (χ3v) is 4.21. The van der Waals surface area contributed by atoms with E-state index in [1.807, 2.05) is 0 Å². The van der Waals surface area contributed by atoms with Gasteiger partial charge in [-0.2, -0.15) is 0 Å². The second-order valence-electron chi connectivity index (χ2n) is 4.34. The maximum absolute atomic E-state index is 12.0. The summed E-state index contributed by atoms with van der Waals surface area (Å²) in [5.74, 6) is -0.475. The van der Waals surface area contributed by atoms with Crippen LogP contribution in [0.1, 0.15) is 17.7 Å². The van der Waals surface area contributed by atoms with Gasteiger partial charge in [0, 0.05) is 12.5 Å². The molecule has 0 unspecified atom stereocenters. The van der Waals surface area contributed by atoms with E-state index in [4.69, 9.17) is 9.63 Å². The minimum Gasteiger partial charge on any atom is -0.481 e. The Morgan fingerprint density at radius 1 is 1.24 bits per heavy atom. The third-order valence-electron chi connectivity index (χ3n) is 2.79. The molecule has 2 rings (SSSR count). The highest BCUT2D eigenvalue weighted by Crippen LogP contribution is 2.12. The van der Waals surface area contributed by atoms with Gasteiger partial charge in [-0.1, -0.05) is 17.3 Å². The van der Waals surface area contributed by atoms with E-state index in [0.717, 1.165) is 5.56 Å². The fourth-order valence-electron chi connectivity index (χ4n) is 1.67. The number of carboxylic acid groups (broad SMARTS) is 1. The van der Waals surface area contributed by atoms with E-state index in [9.17, 15) is 13.2 Å². The molecule has 7 nitrogen and oxygen atoms in total. The van der Waals surface area contributed by atoms with Crippen LogP contribution in [0.5, 0.6) is 0 Å². The van der Waals surface area contributed by atoms with Gasteiger partial charge in [-0.05, 0) is 24.1 Å². The molecule has 0 spiro atoms. The summed E-state index contributed by atoms with van der Waals surface area (Å²) in [5.41, 5.74) is 0.770. The molecule has 1 heterocycles. The molecule has 0 radical (unpaired) electrons. The molecule has 112 valence electrons. The second-order valence-corrected chi connectivity index (χ2v) is 6.11. The quantitative estimate of drug-likeness (QED) is 0.794. The Balaban J connectivity index is 2.01. The monoisotopic (exact) mass is 310 g/mol. The van der Waals surface area contributed by atoms with Gasteiger partial charge < -0.3 is 9.63 Å². The predicted octanol–water partition coefficient (Wildman–Crippen LogP) is 1.17. The summed E-state index contributed by atoms with van der Waals surface area (Å²) in [6, 6.07) is 7.66. The SMILES string of the molecule is O=C(O)CCc1ccc(S(=O)(=O)NCc2ccno2)cc1.